The summed E-state index contributed by atoms with van der Waals surface area (Å²) in [4.78, 5) is 72.5. The summed E-state index contributed by atoms with van der Waals surface area (Å²) in [6.45, 7) is 8.80. The number of hydrogen-bond acceptors (Lipinski definition) is 10. The first-order valence-corrected chi connectivity index (χ1v) is 19.1. The first-order chi connectivity index (χ1) is 26.4. The number of ether oxygens (including phenoxy) is 1. The molecule has 13 nitrogen and oxygen atoms in total. The number of fused-ring (bicyclic) bond motifs is 1. The van der Waals surface area contributed by atoms with Crippen molar-refractivity contribution in [1.82, 2.24) is 15.1 Å². The number of nitriles is 1. The molecule has 3 fully saturated rings. The molecule has 0 saturated carbocycles. The van der Waals surface area contributed by atoms with Crippen LogP contribution in [0.5, 0.6) is 5.75 Å². The SMILES string of the molecule is CC1(C)C(=O)N(c2ccc(C#N)c(Cl)c2)C(=S)N1c1ccc(N2CCN(CCCCCOc3ccc4c(c3)C(=O)N(C3CCC(=O)NC3=O)C4=O)CC2)cc1. The number of anilines is 3. The second kappa shape index (κ2) is 15.4. The standard InChI is InChI=1S/C40H40ClN7O6S/c1-40(2)38(53)46(28-7-6-25(24-42)32(41)22-28)39(55)48(40)27-10-8-26(9-11-27)45-19-17-44(18-20-45)16-4-3-5-21-54-29-12-13-30-31(23-29)37(52)47(36(30)51)33-14-15-34(49)43-35(33)50/h6-13,22-23,33H,3-5,14-21H2,1-2H3,(H,43,49,50). The molecule has 3 aromatic rings. The van der Waals surface area contributed by atoms with Crippen LogP contribution in [0, 0.1) is 11.3 Å². The van der Waals surface area contributed by atoms with Gasteiger partial charge in [-0.2, -0.15) is 5.26 Å². The van der Waals surface area contributed by atoms with Gasteiger partial charge in [0.05, 0.1) is 34.0 Å². The zero-order valence-electron chi connectivity index (χ0n) is 30.5. The van der Waals surface area contributed by atoms with E-state index >= 15 is 0 Å². The van der Waals surface area contributed by atoms with Crippen LogP contribution in [0.25, 0.3) is 0 Å². The minimum Gasteiger partial charge on any atom is -0.494 e. The van der Waals surface area contributed by atoms with Crippen LogP contribution in [0.15, 0.2) is 60.7 Å². The van der Waals surface area contributed by atoms with Crippen LogP contribution < -0.4 is 24.8 Å². The zero-order chi connectivity index (χ0) is 39.0. The molecule has 3 aromatic carbocycles. The molecular formula is C40H40ClN7O6S. The maximum atomic E-state index is 13.6. The minimum absolute atomic E-state index is 0.0733. The normalized spacial score (nSPS) is 19.9. The number of benzene rings is 3. The summed E-state index contributed by atoms with van der Waals surface area (Å²) in [5, 5.41) is 12.1. The van der Waals surface area contributed by atoms with Gasteiger partial charge in [-0.15, -0.1) is 0 Å². The van der Waals surface area contributed by atoms with Gasteiger partial charge in [0, 0.05) is 44.0 Å². The number of nitrogens with one attached hydrogen (secondary N) is 1. The topological polar surface area (TPSA) is 147 Å². The Labute approximate surface area is 329 Å². The monoisotopic (exact) mass is 781 g/mol. The summed E-state index contributed by atoms with van der Waals surface area (Å²) in [6, 6.07) is 18.8. The molecule has 0 spiro atoms. The molecule has 4 aliphatic heterocycles. The lowest BCUT2D eigenvalue weighted by Gasteiger charge is -2.36. The van der Waals surface area contributed by atoms with Crippen molar-refractivity contribution >= 4 is 75.5 Å². The van der Waals surface area contributed by atoms with Gasteiger partial charge in [-0.05, 0) is 119 Å². The molecule has 1 unspecified atom stereocenters. The van der Waals surface area contributed by atoms with Gasteiger partial charge in [-0.25, -0.2) is 0 Å². The van der Waals surface area contributed by atoms with Crippen LogP contribution in [-0.4, -0.2) is 95.4 Å². The number of piperazine rings is 1. The van der Waals surface area contributed by atoms with Gasteiger partial charge in [-0.3, -0.25) is 44.0 Å². The van der Waals surface area contributed by atoms with Crippen LogP contribution >= 0.6 is 23.8 Å². The number of hydrogen-bond donors (Lipinski definition) is 1. The van der Waals surface area contributed by atoms with Crippen molar-refractivity contribution in [3.05, 3.63) is 82.4 Å². The predicted octanol–water partition coefficient (Wildman–Crippen LogP) is 4.90. The molecule has 284 valence electrons. The fraction of sp³-hybridized carbons (Fsp3) is 0.375. The summed E-state index contributed by atoms with van der Waals surface area (Å²) in [7, 11) is 0. The van der Waals surface area contributed by atoms with E-state index < -0.39 is 35.2 Å². The molecule has 0 radical (unpaired) electrons. The lowest BCUT2D eigenvalue weighted by atomic mass is 10.0. The number of piperidine rings is 1. The summed E-state index contributed by atoms with van der Waals surface area (Å²) < 4.78 is 5.92. The Hall–Kier alpha value is -5.36. The number of carbonyl (C=O) groups excluding carboxylic acids is 5. The Balaban J connectivity index is 0.845. The Morgan fingerprint density at radius 3 is 2.25 bits per heavy atom. The second-order valence-corrected chi connectivity index (χ2v) is 15.3. The van der Waals surface area contributed by atoms with Crippen LogP contribution in [0.3, 0.4) is 0 Å². The fourth-order valence-corrected chi connectivity index (χ4v) is 8.32. The Bertz CT molecular complexity index is 2130. The molecule has 1 N–H and O–H groups in total. The van der Waals surface area contributed by atoms with Crippen molar-refractivity contribution in [3.63, 3.8) is 0 Å². The number of halogens is 1. The average Bonchev–Trinajstić information content (AvgIpc) is 3.52. The lowest BCUT2D eigenvalue weighted by Crippen LogP contribution is -2.54. The molecule has 4 aliphatic rings. The summed E-state index contributed by atoms with van der Waals surface area (Å²) in [5.41, 5.74) is 2.28. The number of nitrogens with zero attached hydrogens (tertiary/aromatic N) is 6. The number of carbonyl (C=O) groups is 5. The van der Waals surface area contributed by atoms with E-state index in [0.717, 1.165) is 68.3 Å². The minimum atomic E-state index is -0.998. The first-order valence-electron chi connectivity index (χ1n) is 18.3. The quantitative estimate of drug-likeness (QED) is 0.161. The van der Waals surface area contributed by atoms with Crippen molar-refractivity contribution < 1.29 is 28.7 Å². The number of imide groups is 2. The van der Waals surface area contributed by atoms with Crippen molar-refractivity contribution in [2.75, 3.05) is 54.0 Å². The highest BCUT2D eigenvalue weighted by atomic mass is 35.5. The molecule has 0 aliphatic carbocycles. The smallest absolute Gasteiger partial charge is 0.262 e. The highest BCUT2D eigenvalue weighted by Gasteiger charge is 2.50. The number of rotatable bonds is 11. The number of unbranched alkanes of at least 4 members (excludes halogenated alkanes) is 2. The van der Waals surface area contributed by atoms with Gasteiger partial charge in [0.15, 0.2) is 5.11 Å². The number of amides is 5. The predicted molar refractivity (Wildman–Crippen MR) is 210 cm³/mol. The van der Waals surface area contributed by atoms with E-state index in [0.29, 0.717) is 28.7 Å². The third kappa shape index (κ3) is 7.27. The second-order valence-electron chi connectivity index (χ2n) is 14.5. The highest BCUT2D eigenvalue weighted by Crippen LogP contribution is 2.38. The third-order valence-electron chi connectivity index (χ3n) is 10.6. The number of thiocarbonyl (C=S) groups is 1. The van der Waals surface area contributed by atoms with Crippen LogP contribution in [-0.2, 0) is 14.4 Å². The Morgan fingerprint density at radius 1 is 0.873 bits per heavy atom. The zero-order valence-corrected chi connectivity index (χ0v) is 32.1. The maximum absolute atomic E-state index is 13.6. The van der Waals surface area contributed by atoms with E-state index in [-0.39, 0.29) is 34.9 Å². The van der Waals surface area contributed by atoms with Gasteiger partial charge in [0.2, 0.25) is 11.8 Å². The van der Waals surface area contributed by atoms with Gasteiger partial charge >= 0.3 is 0 Å². The molecular weight excluding hydrogens is 742 g/mol. The average molecular weight is 782 g/mol. The van der Waals surface area contributed by atoms with Gasteiger partial charge < -0.3 is 14.5 Å². The molecule has 7 rings (SSSR count). The molecule has 1 atom stereocenters. The highest BCUT2D eigenvalue weighted by molar-refractivity contribution is 7.81. The lowest BCUT2D eigenvalue weighted by molar-refractivity contribution is -0.136. The maximum Gasteiger partial charge on any atom is 0.262 e. The summed E-state index contributed by atoms with van der Waals surface area (Å²) in [5.74, 6) is -1.82. The van der Waals surface area contributed by atoms with Crippen LogP contribution in [0.2, 0.25) is 5.02 Å². The first kappa shape index (κ1) is 37.9. The van der Waals surface area contributed by atoms with Crippen molar-refractivity contribution in [3.8, 4) is 11.8 Å². The van der Waals surface area contributed by atoms with Crippen LogP contribution in [0.1, 0.15) is 72.2 Å². The summed E-state index contributed by atoms with van der Waals surface area (Å²) in [6.07, 6.45) is 3.01. The summed E-state index contributed by atoms with van der Waals surface area (Å²) >= 11 is 12.1. The van der Waals surface area contributed by atoms with Gasteiger partial charge in [0.1, 0.15) is 23.4 Å². The van der Waals surface area contributed by atoms with Crippen molar-refractivity contribution in [2.24, 2.45) is 0 Å². The molecule has 0 bridgehead atoms. The molecule has 5 amide bonds. The molecule has 55 heavy (non-hydrogen) atoms. The largest absolute Gasteiger partial charge is 0.494 e. The van der Waals surface area contributed by atoms with E-state index in [4.69, 9.17) is 28.6 Å². The van der Waals surface area contributed by atoms with Crippen LogP contribution in [0.4, 0.5) is 17.1 Å². The third-order valence-corrected chi connectivity index (χ3v) is 11.3. The molecule has 4 heterocycles. The Kier molecular flexibility index (Phi) is 10.6. The van der Waals surface area contributed by atoms with E-state index in [1.165, 1.54) is 4.90 Å². The molecule has 3 saturated heterocycles. The van der Waals surface area contributed by atoms with E-state index in [1.54, 1.807) is 36.4 Å². The fourth-order valence-electron chi connectivity index (χ4n) is 7.58. The van der Waals surface area contributed by atoms with E-state index in [1.807, 2.05) is 36.9 Å². The van der Waals surface area contributed by atoms with Gasteiger partial charge in [-0.1, -0.05) is 11.6 Å². The van der Waals surface area contributed by atoms with Gasteiger partial charge in [0.25, 0.3) is 17.7 Å². The Morgan fingerprint density at radius 2 is 1.56 bits per heavy atom. The van der Waals surface area contributed by atoms with Crippen molar-refractivity contribution in [1.29, 1.82) is 5.26 Å². The van der Waals surface area contributed by atoms with Crippen molar-refractivity contribution in [2.45, 2.75) is 57.5 Å². The molecule has 15 heteroatoms. The van der Waals surface area contributed by atoms with E-state index in [2.05, 4.69) is 27.2 Å². The molecule has 0 aromatic heterocycles. The van der Waals surface area contributed by atoms with E-state index in [9.17, 15) is 29.2 Å².